The Labute approximate surface area is 150 Å². The number of amides is 1. The van der Waals surface area contributed by atoms with Crippen molar-refractivity contribution in [2.75, 3.05) is 5.32 Å². The molecular formula is C18H29ClN2O3. The van der Waals surface area contributed by atoms with Crippen molar-refractivity contribution in [1.29, 1.82) is 0 Å². The van der Waals surface area contributed by atoms with E-state index in [2.05, 4.69) is 12.2 Å². The molecule has 0 aliphatic carbocycles. The molecule has 4 N–H and O–H groups in total. The van der Waals surface area contributed by atoms with E-state index in [0.29, 0.717) is 5.69 Å². The Kier molecular flexibility index (Phi) is 11.9. The highest BCUT2D eigenvalue weighted by Gasteiger charge is 2.16. The van der Waals surface area contributed by atoms with Crippen molar-refractivity contribution < 1.29 is 14.7 Å². The number of nitrogens with two attached hydrogens (primary N) is 1. The van der Waals surface area contributed by atoms with Crippen molar-refractivity contribution in [2.24, 2.45) is 5.73 Å². The number of hydrogen-bond acceptors (Lipinski definition) is 3. The number of nitrogens with one attached hydrogen (secondary N) is 1. The van der Waals surface area contributed by atoms with E-state index in [9.17, 15) is 9.59 Å². The van der Waals surface area contributed by atoms with Gasteiger partial charge in [0.25, 0.3) is 0 Å². The first kappa shape index (κ1) is 22.4. The van der Waals surface area contributed by atoms with E-state index in [1.165, 1.54) is 44.1 Å². The SMILES string of the molecule is CCCCCCCCc1ccc(NC(=O)C(N)CC(=O)O)cc1.Cl. The lowest BCUT2D eigenvalue weighted by atomic mass is 10.0. The number of carboxylic acids is 1. The zero-order valence-corrected chi connectivity index (χ0v) is 15.1. The lowest BCUT2D eigenvalue weighted by Gasteiger charge is -2.10. The monoisotopic (exact) mass is 356 g/mol. The number of carbonyl (C=O) groups is 2. The van der Waals surface area contributed by atoms with Gasteiger partial charge in [0.2, 0.25) is 5.91 Å². The van der Waals surface area contributed by atoms with Gasteiger partial charge in [0.05, 0.1) is 12.5 Å². The largest absolute Gasteiger partial charge is 0.481 e. The van der Waals surface area contributed by atoms with Crippen LogP contribution in [-0.4, -0.2) is 23.0 Å². The van der Waals surface area contributed by atoms with Gasteiger partial charge in [0, 0.05) is 5.69 Å². The minimum absolute atomic E-state index is 0. The molecule has 0 fully saturated rings. The molecule has 1 amide bonds. The fourth-order valence-corrected chi connectivity index (χ4v) is 2.38. The van der Waals surface area contributed by atoms with E-state index in [4.69, 9.17) is 10.8 Å². The molecular weight excluding hydrogens is 328 g/mol. The standard InChI is InChI=1S/C18H28N2O3.ClH/c1-2-3-4-5-6-7-8-14-9-11-15(12-10-14)20-18(23)16(19)13-17(21)22;/h9-12,16H,2-8,13,19H2,1H3,(H,20,23)(H,21,22);1H. The summed E-state index contributed by atoms with van der Waals surface area (Å²) >= 11 is 0. The Morgan fingerprint density at radius 2 is 1.67 bits per heavy atom. The first-order valence-corrected chi connectivity index (χ1v) is 8.40. The van der Waals surface area contributed by atoms with Crippen molar-refractivity contribution >= 4 is 30.0 Å². The highest BCUT2D eigenvalue weighted by atomic mass is 35.5. The van der Waals surface area contributed by atoms with Crippen LogP contribution in [0.4, 0.5) is 5.69 Å². The fraction of sp³-hybridized carbons (Fsp3) is 0.556. The first-order chi connectivity index (χ1) is 11.0. The number of carbonyl (C=O) groups excluding carboxylic acids is 1. The van der Waals surface area contributed by atoms with E-state index in [0.717, 1.165) is 6.42 Å². The molecule has 24 heavy (non-hydrogen) atoms. The third kappa shape index (κ3) is 9.53. The summed E-state index contributed by atoms with van der Waals surface area (Å²) in [5, 5.41) is 11.3. The summed E-state index contributed by atoms with van der Waals surface area (Å²) < 4.78 is 0. The van der Waals surface area contributed by atoms with Crippen LogP contribution in [-0.2, 0) is 16.0 Å². The van der Waals surface area contributed by atoms with Crippen LogP contribution in [0.3, 0.4) is 0 Å². The zero-order valence-electron chi connectivity index (χ0n) is 14.3. The van der Waals surface area contributed by atoms with Gasteiger partial charge in [-0.1, -0.05) is 51.2 Å². The van der Waals surface area contributed by atoms with Crippen LogP contribution in [0, 0.1) is 0 Å². The maximum absolute atomic E-state index is 11.7. The first-order valence-electron chi connectivity index (χ1n) is 8.40. The lowest BCUT2D eigenvalue weighted by Crippen LogP contribution is -2.37. The van der Waals surface area contributed by atoms with Gasteiger partial charge in [0.1, 0.15) is 0 Å². The number of benzene rings is 1. The number of hydrogen-bond donors (Lipinski definition) is 3. The van der Waals surface area contributed by atoms with Gasteiger partial charge in [-0.2, -0.15) is 0 Å². The van der Waals surface area contributed by atoms with E-state index < -0.39 is 17.9 Å². The molecule has 0 aliphatic rings. The Bertz CT molecular complexity index is 492. The molecule has 1 aromatic carbocycles. The molecule has 0 spiro atoms. The predicted molar refractivity (Wildman–Crippen MR) is 99.6 cm³/mol. The maximum atomic E-state index is 11.7. The second-order valence-electron chi connectivity index (χ2n) is 5.91. The third-order valence-corrected chi connectivity index (χ3v) is 3.77. The zero-order chi connectivity index (χ0) is 17.1. The van der Waals surface area contributed by atoms with Gasteiger partial charge in [-0.25, -0.2) is 0 Å². The van der Waals surface area contributed by atoms with Crippen LogP contribution < -0.4 is 11.1 Å². The highest BCUT2D eigenvalue weighted by Crippen LogP contribution is 2.14. The van der Waals surface area contributed by atoms with E-state index in [-0.39, 0.29) is 18.8 Å². The molecule has 5 nitrogen and oxygen atoms in total. The number of aryl methyl sites for hydroxylation is 1. The Hall–Kier alpha value is -1.59. The summed E-state index contributed by atoms with van der Waals surface area (Å²) in [4.78, 5) is 22.3. The van der Waals surface area contributed by atoms with Crippen molar-refractivity contribution in [3.05, 3.63) is 29.8 Å². The topological polar surface area (TPSA) is 92.4 Å². The van der Waals surface area contributed by atoms with Crippen LogP contribution >= 0.6 is 12.4 Å². The normalized spacial score (nSPS) is 11.4. The van der Waals surface area contributed by atoms with Crippen LogP contribution in [0.5, 0.6) is 0 Å². The van der Waals surface area contributed by atoms with Gasteiger partial charge in [-0.15, -0.1) is 12.4 Å². The molecule has 0 radical (unpaired) electrons. The minimum atomic E-state index is -1.08. The van der Waals surface area contributed by atoms with Gasteiger partial charge in [0.15, 0.2) is 0 Å². The fourth-order valence-electron chi connectivity index (χ4n) is 2.38. The molecule has 0 aliphatic heterocycles. The molecule has 0 heterocycles. The summed E-state index contributed by atoms with van der Waals surface area (Å²) in [6.07, 6.45) is 8.30. The molecule has 0 bridgehead atoms. The number of halogens is 1. The molecule has 1 unspecified atom stereocenters. The maximum Gasteiger partial charge on any atom is 0.305 e. The Morgan fingerprint density at radius 1 is 1.08 bits per heavy atom. The van der Waals surface area contributed by atoms with Crippen LogP contribution in [0.1, 0.15) is 57.4 Å². The van der Waals surface area contributed by atoms with Gasteiger partial charge in [-0.3, -0.25) is 9.59 Å². The quantitative estimate of drug-likeness (QED) is 0.526. The number of unbranched alkanes of at least 4 members (excludes halogenated alkanes) is 5. The van der Waals surface area contributed by atoms with E-state index in [1.807, 2.05) is 24.3 Å². The van der Waals surface area contributed by atoms with Crippen LogP contribution in [0.15, 0.2) is 24.3 Å². The Morgan fingerprint density at radius 3 is 2.25 bits per heavy atom. The van der Waals surface area contributed by atoms with Gasteiger partial charge in [-0.05, 0) is 30.5 Å². The molecule has 1 aromatic rings. The number of rotatable bonds is 11. The number of anilines is 1. The number of carboxylic acid groups (broad SMARTS) is 1. The van der Waals surface area contributed by atoms with Gasteiger partial charge >= 0.3 is 5.97 Å². The summed E-state index contributed by atoms with van der Waals surface area (Å²) in [5.41, 5.74) is 7.40. The van der Waals surface area contributed by atoms with Gasteiger partial charge < -0.3 is 16.2 Å². The van der Waals surface area contributed by atoms with Crippen molar-refractivity contribution in [2.45, 2.75) is 64.3 Å². The molecule has 6 heteroatoms. The molecule has 0 aromatic heterocycles. The molecule has 0 saturated carbocycles. The van der Waals surface area contributed by atoms with Crippen LogP contribution in [0.2, 0.25) is 0 Å². The van der Waals surface area contributed by atoms with E-state index >= 15 is 0 Å². The average molecular weight is 357 g/mol. The third-order valence-electron chi connectivity index (χ3n) is 3.77. The molecule has 136 valence electrons. The Balaban J connectivity index is 0.00000529. The summed E-state index contributed by atoms with van der Waals surface area (Å²) in [6.45, 7) is 2.22. The second-order valence-corrected chi connectivity index (χ2v) is 5.91. The molecule has 1 rings (SSSR count). The molecule has 0 saturated heterocycles. The highest BCUT2D eigenvalue weighted by molar-refractivity contribution is 5.96. The lowest BCUT2D eigenvalue weighted by molar-refractivity contribution is -0.138. The average Bonchev–Trinajstić information content (AvgIpc) is 2.51. The van der Waals surface area contributed by atoms with Crippen molar-refractivity contribution in [1.82, 2.24) is 0 Å². The summed E-state index contributed by atoms with van der Waals surface area (Å²) in [7, 11) is 0. The van der Waals surface area contributed by atoms with Crippen molar-refractivity contribution in [3.8, 4) is 0 Å². The van der Waals surface area contributed by atoms with E-state index in [1.54, 1.807) is 0 Å². The smallest absolute Gasteiger partial charge is 0.305 e. The minimum Gasteiger partial charge on any atom is -0.481 e. The predicted octanol–water partition coefficient (Wildman–Crippen LogP) is 3.75. The van der Waals surface area contributed by atoms with Crippen molar-refractivity contribution in [3.63, 3.8) is 0 Å². The second kappa shape index (κ2) is 12.8. The van der Waals surface area contributed by atoms with Crippen LogP contribution in [0.25, 0.3) is 0 Å². The summed E-state index contributed by atoms with van der Waals surface area (Å²) in [6, 6.07) is 6.61. The summed E-state index contributed by atoms with van der Waals surface area (Å²) in [5.74, 6) is -1.56. The molecule has 1 atom stereocenters. The number of aliphatic carboxylic acids is 1.